The minimum Gasteiger partial charge on any atom is -0.493 e. The van der Waals surface area contributed by atoms with Crippen LogP contribution in [0.1, 0.15) is 18.9 Å². The number of para-hydroxylation sites is 1. The van der Waals surface area contributed by atoms with E-state index in [1.54, 1.807) is 25.3 Å². The number of carboxylic acid groups (broad SMARTS) is 1. The van der Waals surface area contributed by atoms with E-state index >= 15 is 0 Å². The summed E-state index contributed by atoms with van der Waals surface area (Å²) in [6, 6.07) is 5.34. The van der Waals surface area contributed by atoms with Crippen molar-refractivity contribution >= 4 is 12.0 Å². The lowest BCUT2D eigenvalue weighted by Gasteiger charge is -2.13. The van der Waals surface area contributed by atoms with Gasteiger partial charge in [-0.05, 0) is 19.1 Å². The standard InChI is InChI=1S/C15H20O5/c1-3-19-10-5-11-20-15-12(8-9-14(16)17)6-4-7-13(15)18-2/h4,6-9H,3,5,10-11H2,1-2H3,(H,16,17). The van der Waals surface area contributed by atoms with Crippen LogP contribution < -0.4 is 9.47 Å². The number of aliphatic carboxylic acids is 1. The summed E-state index contributed by atoms with van der Waals surface area (Å²) in [5, 5.41) is 8.69. The van der Waals surface area contributed by atoms with Crippen molar-refractivity contribution in [2.75, 3.05) is 26.9 Å². The fourth-order valence-electron chi connectivity index (χ4n) is 1.62. The minimum atomic E-state index is -1.00. The lowest BCUT2D eigenvalue weighted by Crippen LogP contribution is -2.05. The van der Waals surface area contributed by atoms with E-state index < -0.39 is 5.97 Å². The van der Waals surface area contributed by atoms with Gasteiger partial charge in [-0.1, -0.05) is 12.1 Å². The molecule has 0 heterocycles. The molecule has 5 nitrogen and oxygen atoms in total. The SMILES string of the molecule is CCOCCCOc1c(C=CC(=O)O)cccc1OC. The molecule has 0 saturated carbocycles. The molecule has 20 heavy (non-hydrogen) atoms. The zero-order valence-electron chi connectivity index (χ0n) is 11.8. The minimum absolute atomic E-state index is 0.480. The van der Waals surface area contributed by atoms with Crippen LogP contribution in [0.2, 0.25) is 0 Å². The second-order valence-corrected chi connectivity index (χ2v) is 3.95. The fraction of sp³-hybridized carbons (Fsp3) is 0.400. The average Bonchev–Trinajstić information content (AvgIpc) is 2.45. The fourth-order valence-corrected chi connectivity index (χ4v) is 1.62. The number of benzene rings is 1. The third kappa shape index (κ3) is 5.32. The van der Waals surface area contributed by atoms with E-state index in [-0.39, 0.29) is 0 Å². The van der Waals surface area contributed by atoms with Gasteiger partial charge in [-0.15, -0.1) is 0 Å². The Labute approximate surface area is 118 Å². The summed E-state index contributed by atoms with van der Waals surface area (Å²) in [6.07, 6.45) is 3.32. The van der Waals surface area contributed by atoms with Gasteiger partial charge in [0.05, 0.1) is 13.7 Å². The monoisotopic (exact) mass is 280 g/mol. The molecule has 0 unspecified atom stereocenters. The molecule has 0 saturated heterocycles. The summed E-state index contributed by atoms with van der Waals surface area (Å²) in [4.78, 5) is 10.6. The van der Waals surface area contributed by atoms with Gasteiger partial charge >= 0.3 is 5.97 Å². The van der Waals surface area contributed by atoms with Crippen molar-refractivity contribution in [3.05, 3.63) is 29.8 Å². The third-order valence-electron chi connectivity index (χ3n) is 2.52. The van der Waals surface area contributed by atoms with Crippen molar-refractivity contribution in [1.29, 1.82) is 0 Å². The average molecular weight is 280 g/mol. The zero-order valence-corrected chi connectivity index (χ0v) is 11.8. The lowest BCUT2D eigenvalue weighted by atomic mass is 10.1. The number of hydrogen-bond acceptors (Lipinski definition) is 4. The van der Waals surface area contributed by atoms with Crippen molar-refractivity contribution in [2.24, 2.45) is 0 Å². The summed E-state index contributed by atoms with van der Waals surface area (Å²) < 4.78 is 16.2. The van der Waals surface area contributed by atoms with E-state index in [2.05, 4.69) is 0 Å². The Morgan fingerprint density at radius 2 is 2.15 bits per heavy atom. The zero-order chi connectivity index (χ0) is 14.8. The van der Waals surface area contributed by atoms with Gasteiger partial charge in [0.25, 0.3) is 0 Å². The molecule has 0 atom stereocenters. The second kappa shape index (κ2) is 8.98. The normalized spacial score (nSPS) is 10.7. The highest BCUT2D eigenvalue weighted by Crippen LogP contribution is 2.32. The topological polar surface area (TPSA) is 65.0 Å². The largest absolute Gasteiger partial charge is 0.493 e. The van der Waals surface area contributed by atoms with Gasteiger partial charge in [0.1, 0.15) is 0 Å². The van der Waals surface area contributed by atoms with Gasteiger partial charge in [-0.25, -0.2) is 4.79 Å². The van der Waals surface area contributed by atoms with Gasteiger partial charge in [0, 0.05) is 31.3 Å². The summed E-state index contributed by atoms with van der Waals surface area (Å²) in [5.74, 6) is 0.119. The Morgan fingerprint density at radius 3 is 2.80 bits per heavy atom. The number of ether oxygens (including phenoxy) is 3. The predicted octanol–water partition coefficient (Wildman–Crippen LogP) is 2.60. The van der Waals surface area contributed by atoms with Crippen molar-refractivity contribution in [2.45, 2.75) is 13.3 Å². The van der Waals surface area contributed by atoms with Gasteiger partial charge < -0.3 is 19.3 Å². The molecule has 0 fully saturated rings. The van der Waals surface area contributed by atoms with Gasteiger partial charge in [0.15, 0.2) is 11.5 Å². The summed E-state index contributed by atoms with van der Waals surface area (Å²) in [6.45, 7) is 3.73. The first-order valence-electron chi connectivity index (χ1n) is 6.47. The maximum Gasteiger partial charge on any atom is 0.328 e. The second-order valence-electron chi connectivity index (χ2n) is 3.95. The highest BCUT2D eigenvalue weighted by molar-refractivity contribution is 5.86. The maximum absolute atomic E-state index is 10.6. The van der Waals surface area contributed by atoms with Crippen LogP contribution in [-0.4, -0.2) is 38.0 Å². The Kier molecular flexibility index (Phi) is 7.21. The molecule has 0 spiro atoms. The molecule has 1 aromatic rings. The van der Waals surface area contributed by atoms with Crippen LogP contribution in [0, 0.1) is 0 Å². The van der Waals surface area contributed by atoms with Crippen LogP contribution in [0.15, 0.2) is 24.3 Å². The van der Waals surface area contributed by atoms with Crippen LogP contribution in [-0.2, 0) is 9.53 Å². The smallest absolute Gasteiger partial charge is 0.328 e. The molecule has 0 radical (unpaired) electrons. The molecule has 0 aromatic heterocycles. The van der Waals surface area contributed by atoms with Crippen molar-refractivity contribution in [3.8, 4) is 11.5 Å². The molecular formula is C15H20O5. The Hall–Kier alpha value is -2.01. The lowest BCUT2D eigenvalue weighted by molar-refractivity contribution is -0.131. The van der Waals surface area contributed by atoms with Crippen LogP contribution in [0.25, 0.3) is 6.08 Å². The van der Waals surface area contributed by atoms with Crippen LogP contribution in [0.5, 0.6) is 11.5 Å². The molecule has 5 heteroatoms. The molecule has 1 aromatic carbocycles. The quantitative estimate of drug-likeness (QED) is 0.556. The molecule has 110 valence electrons. The van der Waals surface area contributed by atoms with Gasteiger partial charge in [-0.3, -0.25) is 0 Å². The van der Waals surface area contributed by atoms with Crippen molar-refractivity contribution < 1.29 is 24.1 Å². The molecule has 0 bridgehead atoms. The third-order valence-corrected chi connectivity index (χ3v) is 2.52. The van der Waals surface area contributed by atoms with E-state index in [0.29, 0.717) is 36.9 Å². The highest BCUT2D eigenvalue weighted by Gasteiger charge is 2.08. The van der Waals surface area contributed by atoms with E-state index in [1.807, 2.05) is 6.92 Å². The highest BCUT2D eigenvalue weighted by atomic mass is 16.5. The molecule has 0 amide bonds. The first-order valence-corrected chi connectivity index (χ1v) is 6.47. The first kappa shape index (κ1) is 16.0. The molecule has 0 aliphatic heterocycles. The predicted molar refractivity (Wildman–Crippen MR) is 76.3 cm³/mol. The number of rotatable bonds is 9. The van der Waals surface area contributed by atoms with Crippen molar-refractivity contribution in [3.63, 3.8) is 0 Å². The first-order chi connectivity index (χ1) is 9.69. The molecule has 1 N–H and O–H groups in total. The Bertz CT molecular complexity index is 454. The molecular weight excluding hydrogens is 260 g/mol. The summed E-state index contributed by atoms with van der Waals surface area (Å²) in [7, 11) is 1.55. The Morgan fingerprint density at radius 1 is 1.35 bits per heavy atom. The molecule has 1 rings (SSSR count). The van der Waals surface area contributed by atoms with E-state index in [0.717, 1.165) is 12.5 Å². The van der Waals surface area contributed by atoms with E-state index in [1.165, 1.54) is 6.08 Å². The number of hydrogen-bond donors (Lipinski definition) is 1. The number of carboxylic acids is 1. The Balaban J connectivity index is 2.76. The van der Waals surface area contributed by atoms with Crippen LogP contribution in [0.3, 0.4) is 0 Å². The molecule has 0 aliphatic carbocycles. The van der Waals surface area contributed by atoms with Crippen LogP contribution in [0.4, 0.5) is 0 Å². The van der Waals surface area contributed by atoms with Gasteiger partial charge in [0.2, 0.25) is 0 Å². The van der Waals surface area contributed by atoms with Crippen molar-refractivity contribution in [1.82, 2.24) is 0 Å². The number of carbonyl (C=O) groups is 1. The summed E-state index contributed by atoms with van der Waals surface area (Å²) in [5.41, 5.74) is 0.670. The van der Waals surface area contributed by atoms with E-state index in [9.17, 15) is 4.79 Å². The van der Waals surface area contributed by atoms with Gasteiger partial charge in [-0.2, -0.15) is 0 Å². The van der Waals surface area contributed by atoms with E-state index in [4.69, 9.17) is 19.3 Å². The molecule has 0 aliphatic rings. The summed E-state index contributed by atoms with van der Waals surface area (Å²) >= 11 is 0. The van der Waals surface area contributed by atoms with Crippen LogP contribution >= 0.6 is 0 Å². The maximum atomic E-state index is 10.6. The number of methoxy groups -OCH3 is 1.